The van der Waals surface area contributed by atoms with Crippen LogP contribution in [0.1, 0.15) is 48.5 Å². The molecular formula is C15H30N2O2S. The third-order valence-corrected chi connectivity index (χ3v) is 3.41. The molecule has 0 fully saturated rings. The van der Waals surface area contributed by atoms with Gasteiger partial charge in [-0.15, -0.1) is 0 Å². The summed E-state index contributed by atoms with van der Waals surface area (Å²) < 4.78 is 0. The van der Waals surface area contributed by atoms with E-state index in [1.165, 1.54) is 0 Å². The van der Waals surface area contributed by atoms with Gasteiger partial charge in [-0.3, -0.25) is 9.59 Å². The molecule has 0 heterocycles. The van der Waals surface area contributed by atoms with Crippen LogP contribution in [0.4, 0.5) is 0 Å². The molecule has 2 N–H and O–H groups in total. The Hall–Kier alpha value is -0.550. The van der Waals surface area contributed by atoms with E-state index in [1.54, 1.807) is 18.7 Å². The van der Waals surface area contributed by atoms with Gasteiger partial charge < -0.3 is 10.6 Å². The fraction of sp³-hybridized carbons (Fsp3) is 0.867. The van der Waals surface area contributed by atoms with Crippen LogP contribution in [0.3, 0.4) is 0 Å². The lowest BCUT2D eigenvalue weighted by molar-refractivity contribution is -0.132. The number of hydrogen-bond acceptors (Lipinski definition) is 4. The predicted octanol–water partition coefficient (Wildman–Crippen LogP) is 2.23. The van der Waals surface area contributed by atoms with Gasteiger partial charge >= 0.3 is 0 Å². The molecule has 5 heteroatoms. The van der Waals surface area contributed by atoms with E-state index in [0.29, 0.717) is 5.75 Å². The second-order valence-corrected chi connectivity index (χ2v) is 8.16. The zero-order valence-corrected chi connectivity index (χ0v) is 14.9. The number of thioether (sulfide) groups is 1. The maximum atomic E-state index is 12.3. The average Bonchev–Trinajstić information content (AvgIpc) is 2.24. The second kappa shape index (κ2) is 7.46. The molecule has 0 rings (SSSR count). The zero-order valence-electron chi connectivity index (χ0n) is 14.1. The molecule has 0 aliphatic rings. The summed E-state index contributed by atoms with van der Waals surface area (Å²) in [5.41, 5.74) is -0.589. The Bertz CT molecular complexity index is 343. The molecule has 0 radical (unpaired) electrons. The minimum Gasteiger partial charge on any atom is -0.345 e. The highest BCUT2D eigenvalue weighted by Gasteiger charge is 2.30. The Morgan fingerprint density at radius 2 is 1.60 bits per heavy atom. The van der Waals surface area contributed by atoms with E-state index in [-0.39, 0.29) is 23.3 Å². The van der Waals surface area contributed by atoms with E-state index in [9.17, 15) is 9.59 Å². The van der Waals surface area contributed by atoms with Crippen molar-refractivity contribution in [1.29, 1.82) is 0 Å². The van der Waals surface area contributed by atoms with Crippen LogP contribution in [0.15, 0.2) is 0 Å². The molecule has 0 saturated heterocycles. The van der Waals surface area contributed by atoms with Crippen LogP contribution in [-0.4, -0.2) is 41.3 Å². The van der Waals surface area contributed by atoms with Crippen molar-refractivity contribution >= 4 is 23.5 Å². The van der Waals surface area contributed by atoms with Crippen LogP contribution in [-0.2, 0) is 9.59 Å². The molecule has 0 bridgehead atoms. The largest absolute Gasteiger partial charge is 0.345 e. The first-order valence-electron chi connectivity index (χ1n) is 7.00. The first kappa shape index (κ1) is 19.4. The molecule has 20 heavy (non-hydrogen) atoms. The summed E-state index contributed by atoms with van der Waals surface area (Å²) in [5, 5.41) is 6.13. The van der Waals surface area contributed by atoms with Gasteiger partial charge in [-0.1, -0.05) is 20.8 Å². The van der Waals surface area contributed by atoms with E-state index in [4.69, 9.17) is 0 Å². The van der Waals surface area contributed by atoms with Crippen LogP contribution >= 0.6 is 11.8 Å². The highest BCUT2D eigenvalue weighted by molar-refractivity contribution is 7.98. The van der Waals surface area contributed by atoms with Crippen molar-refractivity contribution in [2.24, 2.45) is 5.41 Å². The summed E-state index contributed by atoms with van der Waals surface area (Å²) in [7, 11) is 0. The van der Waals surface area contributed by atoms with Crippen LogP contribution in [0.25, 0.3) is 0 Å². The third-order valence-electron chi connectivity index (χ3n) is 2.75. The van der Waals surface area contributed by atoms with E-state index >= 15 is 0 Å². The van der Waals surface area contributed by atoms with E-state index in [0.717, 1.165) is 0 Å². The molecule has 118 valence electrons. The summed E-state index contributed by atoms with van der Waals surface area (Å²) in [6, 6.07) is -0.756. The van der Waals surface area contributed by atoms with Crippen molar-refractivity contribution in [2.45, 2.75) is 66.1 Å². The Morgan fingerprint density at radius 1 is 1.10 bits per heavy atom. The molecule has 0 aliphatic heterocycles. The molecule has 2 unspecified atom stereocenters. The van der Waals surface area contributed by atoms with Gasteiger partial charge in [0.15, 0.2) is 5.78 Å². The predicted molar refractivity (Wildman–Crippen MR) is 87.1 cm³/mol. The van der Waals surface area contributed by atoms with Crippen molar-refractivity contribution in [2.75, 3.05) is 12.0 Å². The maximum absolute atomic E-state index is 12.3. The smallest absolute Gasteiger partial charge is 0.238 e. The molecule has 0 aromatic rings. The Morgan fingerprint density at radius 3 is 1.95 bits per heavy atom. The molecule has 0 saturated carbocycles. The lowest BCUT2D eigenvalue weighted by atomic mass is 9.87. The first-order valence-corrected chi connectivity index (χ1v) is 8.39. The molecule has 0 spiro atoms. The number of carbonyl (C=O) groups is 2. The summed E-state index contributed by atoms with van der Waals surface area (Å²) in [6.07, 6.45) is 1.97. The summed E-state index contributed by atoms with van der Waals surface area (Å²) in [5.74, 6) is 0.614. The van der Waals surface area contributed by atoms with Gasteiger partial charge in [0.05, 0.1) is 12.1 Å². The molecule has 0 aliphatic carbocycles. The topological polar surface area (TPSA) is 58.2 Å². The molecule has 4 nitrogen and oxygen atoms in total. The fourth-order valence-electron chi connectivity index (χ4n) is 1.90. The van der Waals surface area contributed by atoms with Crippen molar-refractivity contribution in [3.8, 4) is 0 Å². The number of amides is 1. The normalized spacial score (nSPS) is 15.6. The maximum Gasteiger partial charge on any atom is 0.238 e. The second-order valence-electron chi connectivity index (χ2n) is 7.25. The van der Waals surface area contributed by atoms with Crippen LogP contribution in [0.2, 0.25) is 0 Å². The highest BCUT2D eigenvalue weighted by atomic mass is 32.2. The summed E-state index contributed by atoms with van der Waals surface area (Å²) in [6.45, 7) is 13.4. The molecule has 0 aromatic carbocycles. The Kier molecular flexibility index (Phi) is 7.25. The van der Waals surface area contributed by atoms with Gasteiger partial charge in [0.1, 0.15) is 0 Å². The number of Topliss-reactive ketones (excluding diaryl/α,β-unsaturated/α-hetero) is 1. The van der Waals surface area contributed by atoms with Crippen LogP contribution in [0, 0.1) is 5.41 Å². The highest BCUT2D eigenvalue weighted by Crippen LogP contribution is 2.17. The lowest BCUT2D eigenvalue weighted by Gasteiger charge is -2.29. The summed E-state index contributed by atoms with van der Waals surface area (Å²) in [4.78, 5) is 24.4. The van der Waals surface area contributed by atoms with E-state index < -0.39 is 11.5 Å². The van der Waals surface area contributed by atoms with Gasteiger partial charge in [0.2, 0.25) is 5.91 Å². The monoisotopic (exact) mass is 302 g/mol. The standard InChI is InChI=1S/C15H30N2O2S/c1-10(12(18)14(2,3)4)16-13(19)11(9-20-8)17-15(5,6)7/h10-11,17H,9H2,1-8H3,(H,16,19). The van der Waals surface area contributed by atoms with Gasteiger partial charge in [0, 0.05) is 16.7 Å². The molecular weight excluding hydrogens is 272 g/mol. The number of ketones is 1. The number of hydrogen-bond donors (Lipinski definition) is 2. The van der Waals surface area contributed by atoms with Gasteiger partial charge in [0.25, 0.3) is 0 Å². The number of carbonyl (C=O) groups excluding carboxylic acids is 2. The van der Waals surface area contributed by atoms with Gasteiger partial charge in [-0.25, -0.2) is 0 Å². The Balaban J connectivity index is 4.73. The van der Waals surface area contributed by atoms with E-state index in [2.05, 4.69) is 10.6 Å². The van der Waals surface area contributed by atoms with E-state index in [1.807, 2.05) is 47.8 Å². The molecule has 0 aromatic heterocycles. The Labute approximate surface area is 127 Å². The van der Waals surface area contributed by atoms with Crippen LogP contribution in [0.5, 0.6) is 0 Å². The zero-order chi connectivity index (χ0) is 16.1. The molecule has 1 amide bonds. The van der Waals surface area contributed by atoms with Gasteiger partial charge in [-0.05, 0) is 34.0 Å². The average molecular weight is 302 g/mol. The van der Waals surface area contributed by atoms with Crippen LogP contribution < -0.4 is 10.6 Å². The first-order chi connectivity index (χ1) is 8.88. The summed E-state index contributed by atoms with van der Waals surface area (Å²) >= 11 is 1.61. The molecule has 2 atom stereocenters. The SMILES string of the molecule is CSCC(NC(C)(C)C)C(=O)NC(C)C(=O)C(C)(C)C. The van der Waals surface area contributed by atoms with Crippen molar-refractivity contribution in [3.05, 3.63) is 0 Å². The van der Waals surface area contributed by atoms with Gasteiger partial charge in [-0.2, -0.15) is 11.8 Å². The lowest BCUT2D eigenvalue weighted by Crippen LogP contribution is -2.56. The quantitative estimate of drug-likeness (QED) is 0.790. The van der Waals surface area contributed by atoms with Crippen molar-refractivity contribution in [3.63, 3.8) is 0 Å². The third kappa shape index (κ3) is 7.29. The number of rotatable bonds is 6. The van der Waals surface area contributed by atoms with Crippen molar-refractivity contribution < 1.29 is 9.59 Å². The number of nitrogens with one attached hydrogen (secondary N) is 2. The minimum atomic E-state index is -0.464. The minimum absolute atomic E-state index is 0.0458. The van der Waals surface area contributed by atoms with Crippen molar-refractivity contribution in [1.82, 2.24) is 10.6 Å². The fourth-order valence-corrected chi connectivity index (χ4v) is 2.47.